The van der Waals surface area contributed by atoms with Crippen molar-refractivity contribution in [1.29, 1.82) is 0 Å². The van der Waals surface area contributed by atoms with Crippen molar-refractivity contribution in [2.45, 2.75) is 31.4 Å². The van der Waals surface area contributed by atoms with E-state index >= 15 is 0 Å². The first-order chi connectivity index (χ1) is 14.6. The zero-order chi connectivity index (χ0) is 20.9. The van der Waals surface area contributed by atoms with Gasteiger partial charge in [0.25, 0.3) is 5.69 Å². The minimum atomic E-state index is -0.389. The zero-order valence-corrected chi connectivity index (χ0v) is 18.3. The molecule has 0 radical (unpaired) electrons. The summed E-state index contributed by atoms with van der Waals surface area (Å²) in [5.41, 5.74) is 2.65. The molecular weight excluding hydrogens is 412 g/mol. The van der Waals surface area contributed by atoms with Crippen LogP contribution in [0.5, 0.6) is 5.75 Å². The molecular formula is C25H27ClN2O3. The Hall–Kier alpha value is -2.89. The Morgan fingerprint density at radius 3 is 2.19 bits per heavy atom. The molecule has 0 amide bonds. The van der Waals surface area contributed by atoms with E-state index in [1.54, 1.807) is 12.1 Å². The molecule has 3 aromatic carbocycles. The quantitative estimate of drug-likeness (QED) is 0.349. The number of halogens is 1. The van der Waals surface area contributed by atoms with Crippen LogP contribution in [0.1, 0.15) is 36.4 Å². The van der Waals surface area contributed by atoms with E-state index in [0.29, 0.717) is 11.8 Å². The van der Waals surface area contributed by atoms with E-state index in [-0.39, 0.29) is 35.0 Å². The van der Waals surface area contributed by atoms with Crippen LogP contribution in [0, 0.1) is 10.1 Å². The summed E-state index contributed by atoms with van der Waals surface area (Å²) in [6, 6.07) is 27.8. The number of ether oxygens (including phenoxy) is 1. The van der Waals surface area contributed by atoms with Gasteiger partial charge in [-0.1, -0.05) is 60.7 Å². The lowest BCUT2D eigenvalue weighted by Crippen LogP contribution is -2.45. The smallest absolute Gasteiger partial charge is 0.269 e. The minimum absolute atomic E-state index is 0. The van der Waals surface area contributed by atoms with Gasteiger partial charge in [0, 0.05) is 37.2 Å². The molecule has 0 aliphatic carbocycles. The summed E-state index contributed by atoms with van der Waals surface area (Å²) < 4.78 is 6.34. The predicted molar refractivity (Wildman–Crippen MR) is 125 cm³/mol. The highest BCUT2D eigenvalue weighted by atomic mass is 35.5. The second kappa shape index (κ2) is 10.4. The average Bonchev–Trinajstić information content (AvgIpc) is 2.80. The van der Waals surface area contributed by atoms with E-state index in [4.69, 9.17) is 4.74 Å². The van der Waals surface area contributed by atoms with Gasteiger partial charge < -0.3 is 4.74 Å². The van der Waals surface area contributed by atoms with Gasteiger partial charge >= 0.3 is 0 Å². The van der Waals surface area contributed by atoms with Crippen molar-refractivity contribution in [3.8, 4) is 5.75 Å². The van der Waals surface area contributed by atoms with Crippen LogP contribution in [0.4, 0.5) is 5.69 Å². The Morgan fingerprint density at radius 1 is 0.968 bits per heavy atom. The molecule has 5 nitrogen and oxygen atoms in total. The van der Waals surface area contributed by atoms with E-state index < -0.39 is 0 Å². The molecule has 0 aromatic heterocycles. The van der Waals surface area contributed by atoms with Crippen LogP contribution in [-0.2, 0) is 0 Å². The van der Waals surface area contributed by atoms with E-state index in [2.05, 4.69) is 60.4 Å². The second-order valence-corrected chi connectivity index (χ2v) is 7.79. The van der Waals surface area contributed by atoms with Crippen molar-refractivity contribution in [3.05, 3.63) is 106 Å². The third kappa shape index (κ3) is 5.43. The van der Waals surface area contributed by atoms with E-state index in [1.807, 2.05) is 12.1 Å². The Labute approximate surface area is 189 Å². The molecule has 0 N–H and O–H groups in total. The number of nitro benzene ring substituents is 1. The number of hydrogen-bond donors (Lipinski definition) is 0. The van der Waals surface area contributed by atoms with Gasteiger partial charge in [0.05, 0.1) is 4.92 Å². The van der Waals surface area contributed by atoms with Gasteiger partial charge in [-0.15, -0.1) is 12.4 Å². The molecule has 1 heterocycles. The fourth-order valence-electron chi connectivity index (χ4n) is 4.23. The lowest BCUT2D eigenvalue weighted by atomic mass is 9.86. The SMILES string of the molecule is CC(c1ccccc1)N1CC[C@@H](Oc2ccc([N+](=O)[O-])cc2)[C@H](c2ccccc2)C1.Cl. The summed E-state index contributed by atoms with van der Waals surface area (Å²) in [5.74, 6) is 0.900. The molecule has 0 bridgehead atoms. The fraction of sp³-hybridized carbons (Fsp3) is 0.280. The number of likely N-dealkylation sites (tertiary alicyclic amines) is 1. The van der Waals surface area contributed by atoms with Crippen LogP contribution in [0.2, 0.25) is 0 Å². The molecule has 31 heavy (non-hydrogen) atoms. The first-order valence-electron chi connectivity index (χ1n) is 10.4. The molecule has 3 atom stereocenters. The van der Waals surface area contributed by atoms with Crippen molar-refractivity contribution in [3.63, 3.8) is 0 Å². The van der Waals surface area contributed by atoms with Gasteiger partial charge in [-0.2, -0.15) is 0 Å². The summed E-state index contributed by atoms with van der Waals surface area (Å²) >= 11 is 0. The molecule has 6 heteroatoms. The Kier molecular flexibility index (Phi) is 7.66. The number of nitro groups is 1. The Bertz CT molecular complexity index is 967. The highest BCUT2D eigenvalue weighted by Gasteiger charge is 2.34. The van der Waals surface area contributed by atoms with Crippen LogP contribution in [0.25, 0.3) is 0 Å². The standard InChI is InChI=1S/C25H26N2O3.ClH/c1-19(20-8-4-2-5-9-20)26-17-16-25(24(18-26)21-10-6-3-7-11-21)30-23-14-12-22(13-15-23)27(28)29;/h2-15,19,24-25H,16-18H2,1H3;1H/t19?,24-,25+;/m0./s1. The number of hydrogen-bond acceptors (Lipinski definition) is 4. The van der Waals surface area contributed by atoms with Gasteiger partial charge in [0.15, 0.2) is 0 Å². The normalized spacial score (nSPS) is 19.8. The van der Waals surface area contributed by atoms with Crippen LogP contribution >= 0.6 is 12.4 Å². The lowest BCUT2D eigenvalue weighted by Gasteiger charge is -2.41. The highest BCUT2D eigenvalue weighted by Crippen LogP contribution is 2.35. The first kappa shape index (κ1) is 22.8. The fourth-order valence-corrected chi connectivity index (χ4v) is 4.23. The molecule has 4 rings (SSSR count). The third-order valence-corrected chi connectivity index (χ3v) is 5.97. The lowest BCUT2D eigenvalue weighted by molar-refractivity contribution is -0.384. The number of non-ortho nitro benzene ring substituents is 1. The monoisotopic (exact) mass is 438 g/mol. The molecule has 0 saturated carbocycles. The van der Waals surface area contributed by atoms with Crippen LogP contribution < -0.4 is 4.74 Å². The van der Waals surface area contributed by atoms with Crippen LogP contribution in [0.15, 0.2) is 84.9 Å². The molecule has 1 fully saturated rings. The molecule has 3 aromatic rings. The van der Waals surface area contributed by atoms with Gasteiger partial charge in [-0.25, -0.2) is 0 Å². The van der Waals surface area contributed by atoms with Gasteiger partial charge in [0.1, 0.15) is 11.9 Å². The zero-order valence-electron chi connectivity index (χ0n) is 17.5. The van der Waals surface area contributed by atoms with Gasteiger partial charge in [-0.3, -0.25) is 15.0 Å². The van der Waals surface area contributed by atoms with Crippen molar-refractivity contribution in [1.82, 2.24) is 4.90 Å². The number of rotatable bonds is 6. The van der Waals surface area contributed by atoms with Gasteiger partial charge in [0.2, 0.25) is 0 Å². The Morgan fingerprint density at radius 2 is 1.58 bits per heavy atom. The van der Waals surface area contributed by atoms with Crippen molar-refractivity contribution in [2.24, 2.45) is 0 Å². The minimum Gasteiger partial charge on any atom is -0.490 e. The molecule has 1 saturated heterocycles. The first-order valence-corrected chi connectivity index (χ1v) is 10.4. The topological polar surface area (TPSA) is 55.6 Å². The summed E-state index contributed by atoms with van der Waals surface area (Å²) in [6.45, 7) is 4.10. The molecule has 1 aliphatic rings. The van der Waals surface area contributed by atoms with E-state index in [1.165, 1.54) is 23.3 Å². The second-order valence-electron chi connectivity index (χ2n) is 7.79. The summed E-state index contributed by atoms with van der Waals surface area (Å²) in [4.78, 5) is 13.0. The molecule has 162 valence electrons. The number of piperidine rings is 1. The predicted octanol–water partition coefficient (Wildman–Crippen LogP) is 6.01. The maximum Gasteiger partial charge on any atom is 0.269 e. The van der Waals surface area contributed by atoms with Crippen LogP contribution in [-0.4, -0.2) is 29.0 Å². The summed E-state index contributed by atoms with van der Waals surface area (Å²) in [6.07, 6.45) is 0.918. The Balaban J connectivity index is 0.00000272. The molecule has 1 unspecified atom stereocenters. The van der Waals surface area contributed by atoms with Crippen molar-refractivity contribution >= 4 is 18.1 Å². The maximum atomic E-state index is 10.9. The third-order valence-electron chi connectivity index (χ3n) is 5.97. The van der Waals surface area contributed by atoms with Gasteiger partial charge in [-0.05, 0) is 36.6 Å². The number of benzene rings is 3. The average molecular weight is 439 g/mol. The van der Waals surface area contributed by atoms with Crippen LogP contribution in [0.3, 0.4) is 0 Å². The highest BCUT2D eigenvalue weighted by molar-refractivity contribution is 5.85. The maximum absolute atomic E-state index is 10.9. The molecule has 0 spiro atoms. The van der Waals surface area contributed by atoms with E-state index in [0.717, 1.165) is 19.5 Å². The molecule has 1 aliphatic heterocycles. The number of nitrogens with zero attached hydrogens (tertiary/aromatic N) is 2. The van der Waals surface area contributed by atoms with Crippen molar-refractivity contribution in [2.75, 3.05) is 13.1 Å². The van der Waals surface area contributed by atoms with Crippen molar-refractivity contribution < 1.29 is 9.66 Å². The summed E-state index contributed by atoms with van der Waals surface area (Å²) in [7, 11) is 0. The largest absolute Gasteiger partial charge is 0.490 e. The summed E-state index contributed by atoms with van der Waals surface area (Å²) in [5, 5.41) is 10.9. The van der Waals surface area contributed by atoms with E-state index in [9.17, 15) is 10.1 Å².